The lowest BCUT2D eigenvalue weighted by molar-refractivity contribution is -0.125. The summed E-state index contributed by atoms with van der Waals surface area (Å²) >= 11 is 0. The number of oxime groups is 1. The van der Waals surface area contributed by atoms with Crippen molar-refractivity contribution in [2.75, 3.05) is 0 Å². The Morgan fingerprint density at radius 1 is 1.23 bits per heavy atom. The second-order valence-corrected chi connectivity index (χ2v) is 9.84. The highest BCUT2D eigenvalue weighted by atomic mass is 16.4. The van der Waals surface area contributed by atoms with Gasteiger partial charge in [0.2, 0.25) is 5.78 Å². The van der Waals surface area contributed by atoms with E-state index < -0.39 is 5.60 Å². The number of fused-ring (bicyclic) bond motifs is 5. The van der Waals surface area contributed by atoms with Gasteiger partial charge in [0, 0.05) is 6.42 Å². The maximum atomic E-state index is 12.3. The summed E-state index contributed by atoms with van der Waals surface area (Å²) < 4.78 is 0. The van der Waals surface area contributed by atoms with Crippen molar-refractivity contribution in [1.29, 1.82) is 0 Å². The van der Waals surface area contributed by atoms with Gasteiger partial charge in [-0.05, 0) is 79.6 Å². The quantitative estimate of drug-likeness (QED) is 0.421. The summed E-state index contributed by atoms with van der Waals surface area (Å²) in [6, 6.07) is 0. The van der Waals surface area contributed by atoms with E-state index in [-0.39, 0.29) is 16.6 Å². The minimum atomic E-state index is -0.606. The second kappa shape index (κ2) is 5.54. The number of hydrogen-bond donors (Lipinski definition) is 2. The van der Waals surface area contributed by atoms with E-state index in [9.17, 15) is 15.1 Å². The fourth-order valence-electron chi connectivity index (χ4n) is 7.11. The molecular weight excluding hydrogens is 326 g/mol. The van der Waals surface area contributed by atoms with Crippen LogP contribution < -0.4 is 0 Å². The summed E-state index contributed by atoms with van der Waals surface area (Å²) in [7, 11) is 0. The Labute approximate surface area is 156 Å². The van der Waals surface area contributed by atoms with Crippen molar-refractivity contribution in [3.63, 3.8) is 0 Å². The van der Waals surface area contributed by atoms with Gasteiger partial charge >= 0.3 is 0 Å². The van der Waals surface area contributed by atoms with Gasteiger partial charge in [-0.25, -0.2) is 0 Å². The summed E-state index contributed by atoms with van der Waals surface area (Å²) in [6.07, 6.45) is 9.17. The van der Waals surface area contributed by atoms with Crippen molar-refractivity contribution in [2.45, 2.75) is 64.9 Å². The molecule has 0 saturated heterocycles. The number of hydrogen-bond acceptors (Lipinski definition) is 4. The van der Waals surface area contributed by atoms with Crippen LogP contribution >= 0.6 is 0 Å². The predicted octanol–water partition coefficient (Wildman–Crippen LogP) is 4.12. The predicted molar refractivity (Wildman–Crippen MR) is 101 cm³/mol. The van der Waals surface area contributed by atoms with Gasteiger partial charge in [-0.2, -0.15) is 0 Å². The fraction of sp³-hybridized carbons (Fsp3) is 0.727. The van der Waals surface area contributed by atoms with Crippen molar-refractivity contribution in [3.8, 4) is 0 Å². The summed E-state index contributed by atoms with van der Waals surface area (Å²) in [5.74, 6) is 1.58. The minimum absolute atomic E-state index is 0.0502. The molecule has 3 fully saturated rings. The fourth-order valence-corrected chi connectivity index (χ4v) is 7.11. The zero-order valence-electron chi connectivity index (χ0n) is 16.2. The highest BCUT2D eigenvalue weighted by molar-refractivity contribution is 6.44. The number of carbonyl (C=O) groups is 1. The summed E-state index contributed by atoms with van der Waals surface area (Å²) in [5, 5.41) is 23.7. The van der Waals surface area contributed by atoms with Crippen LogP contribution in [0, 0.1) is 34.5 Å². The topological polar surface area (TPSA) is 69.9 Å². The first-order valence-electron chi connectivity index (χ1n) is 9.99. The molecule has 0 heterocycles. The average molecular weight is 357 g/mol. The van der Waals surface area contributed by atoms with E-state index in [2.05, 4.69) is 31.7 Å². The Morgan fingerprint density at radius 3 is 2.58 bits per heavy atom. The molecule has 4 rings (SSSR count). The summed E-state index contributed by atoms with van der Waals surface area (Å²) in [5.41, 5.74) is 0.708. The highest BCUT2D eigenvalue weighted by Crippen LogP contribution is 2.68. The first kappa shape index (κ1) is 18.0. The maximum absolute atomic E-state index is 12.3. The number of rotatable bonds is 1. The smallest absolute Gasteiger partial charge is 0.203 e. The van der Waals surface area contributed by atoms with Crippen LogP contribution in [0.1, 0.15) is 59.3 Å². The Balaban J connectivity index is 1.80. The first-order valence-corrected chi connectivity index (χ1v) is 9.99. The third-order valence-corrected chi connectivity index (χ3v) is 8.94. The van der Waals surface area contributed by atoms with E-state index in [1.165, 1.54) is 5.57 Å². The third-order valence-electron chi connectivity index (χ3n) is 8.94. The first-order chi connectivity index (χ1) is 12.2. The number of allylic oxidation sites excluding steroid dienone is 2. The molecule has 0 aliphatic heterocycles. The molecule has 0 bridgehead atoms. The zero-order valence-corrected chi connectivity index (χ0v) is 16.2. The molecule has 4 heteroatoms. The van der Waals surface area contributed by atoms with Crippen LogP contribution in [0.2, 0.25) is 0 Å². The van der Waals surface area contributed by atoms with E-state index in [1.807, 2.05) is 6.92 Å². The van der Waals surface area contributed by atoms with Crippen LogP contribution in [0.3, 0.4) is 0 Å². The lowest BCUT2D eigenvalue weighted by atomic mass is 9.44. The number of carbonyl (C=O) groups excluding carboxylic acids is 1. The molecule has 0 unspecified atom stereocenters. The molecule has 0 radical (unpaired) electrons. The third kappa shape index (κ3) is 2.11. The zero-order chi connectivity index (χ0) is 18.9. The summed E-state index contributed by atoms with van der Waals surface area (Å²) in [6.45, 7) is 10.7. The van der Waals surface area contributed by atoms with E-state index in [1.54, 1.807) is 6.08 Å². The van der Waals surface area contributed by atoms with Crippen LogP contribution in [0.25, 0.3) is 0 Å². The number of ketones is 1. The Hall–Kier alpha value is -1.42. The maximum Gasteiger partial charge on any atom is 0.203 e. The van der Waals surface area contributed by atoms with Crippen molar-refractivity contribution < 1.29 is 15.1 Å². The van der Waals surface area contributed by atoms with Crippen LogP contribution in [0.15, 0.2) is 29.5 Å². The number of aliphatic hydroxyl groups is 1. The molecule has 0 aromatic heterocycles. The van der Waals surface area contributed by atoms with Crippen molar-refractivity contribution >= 4 is 11.5 Å². The Bertz CT molecular complexity index is 721. The lowest BCUT2D eigenvalue weighted by Crippen LogP contribution is -2.56. The lowest BCUT2D eigenvalue weighted by Gasteiger charge is -2.60. The minimum Gasteiger partial charge on any atom is -0.411 e. The van der Waals surface area contributed by atoms with E-state index in [4.69, 9.17) is 0 Å². The van der Waals surface area contributed by atoms with Gasteiger partial charge in [-0.3, -0.25) is 4.79 Å². The monoisotopic (exact) mass is 357 g/mol. The molecule has 4 aliphatic carbocycles. The van der Waals surface area contributed by atoms with E-state index in [0.29, 0.717) is 35.8 Å². The highest BCUT2D eigenvalue weighted by Gasteiger charge is 2.64. The van der Waals surface area contributed by atoms with Crippen LogP contribution in [0.4, 0.5) is 0 Å². The van der Waals surface area contributed by atoms with Gasteiger partial charge in [0.05, 0.1) is 5.60 Å². The second-order valence-electron chi connectivity index (χ2n) is 9.84. The van der Waals surface area contributed by atoms with Gasteiger partial charge in [-0.1, -0.05) is 30.7 Å². The average Bonchev–Trinajstić information content (AvgIpc) is 2.84. The number of nitrogens with zero attached hydrogens (tertiary/aromatic N) is 1. The molecule has 142 valence electrons. The van der Waals surface area contributed by atoms with Gasteiger partial charge in [0.25, 0.3) is 0 Å². The van der Waals surface area contributed by atoms with Crippen LogP contribution in [-0.4, -0.2) is 27.4 Å². The molecule has 2 N–H and O–H groups in total. The molecule has 0 aromatic rings. The Morgan fingerprint density at radius 2 is 1.92 bits per heavy atom. The SMILES string of the molecule is C=C[C@@H]1CC2=CC(=O)/C(=N\O)C[C@]2(C)[C@H]2CC[C@@]3(C)[C@@H](CC[C@]3(C)O)[C@H]12. The normalized spacial score (nSPS) is 52.1. The van der Waals surface area contributed by atoms with Crippen molar-refractivity contribution in [2.24, 2.45) is 39.7 Å². The largest absolute Gasteiger partial charge is 0.411 e. The van der Waals surface area contributed by atoms with E-state index >= 15 is 0 Å². The van der Waals surface area contributed by atoms with Gasteiger partial charge in [0.15, 0.2) is 0 Å². The van der Waals surface area contributed by atoms with Crippen LogP contribution in [-0.2, 0) is 4.79 Å². The molecule has 0 aromatic carbocycles. The summed E-state index contributed by atoms with van der Waals surface area (Å²) in [4.78, 5) is 12.3. The molecular formula is C22H31NO3. The van der Waals surface area contributed by atoms with Crippen LogP contribution in [0.5, 0.6) is 0 Å². The van der Waals surface area contributed by atoms with Gasteiger partial charge in [0.1, 0.15) is 5.71 Å². The molecule has 3 saturated carbocycles. The molecule has 26 heavy (non-hydrogen) atoms. The molecule has 7 atom stereocenters. The van der Waals surface area contributed by atoms with Crippen molar-refractivity contribution in [3.05, 3.63) is 24.3 Å². The van der Waals surface area contributed by atoms with Crippen molar-refractivity contribution in [1.82, 2.24) is 0 Å². The standard InChI is InChI=1S/C22H31NO3/c1-5-13-10-14-11-18(24)17(23-26)12-20(14,2)15-6-8-21(3)16(19(13)15)7-9-22(21,4)25/h5,11,13,15-16,19,25-26H,1,6-10,12H2,2-4H3/b23-17-/t13-,15+,16+,19-,20+,21+,22+/m1/s1. The molecule has 0 amide bonds. The molecule has 4 nitrogen and oxygen atoms in total. The van der Waals surface area contributed by atoms with Gasteiger partial charge < -0.3 is 10.3 Å². The Kier molecular flexibility index (Phi) is 3.83. The molecule has 4 aliphatic rings. The van der Waals surface area contributed by atoms with E-state index in [0.717, 1.165) is 32.1 Å². The molecule has 0 spiro atoms. The van der Waals surface area contributed by atoms with Gasteiger partial charge in [-0.15, -0.1) is 6.58 Å².